The molecule has 2 aromatic heterocycles. The Morgan fingerprint density at radius 3 is 2.61 bits per heavy atom. The first-order valence-corrected chi connectivity index (χ1v) is 11.6. The van der Waals surface area contributed by atoms with Gasteiger partial charge in [-0.25, -0.2) is 4.98 Å². The third-order valence-corrected chi connectivity index (χ3v) is 6.89. The van der Waals surface area contributed by atoms with Gasteiger partial charge in [-0.05, 0) is 25.1 Å². The molecule has 0 radical (unpaired) electrons. The van der Waals surface area contributed by atoms with Crippen LogP contribution in [0.4, 0.5) is 5.69 Å². The molecule has 0 atom stereocenters. The summed E-state index contributed by atoms with van der Waals surface area (Å²) in [4.78, 5) is 22.9. The minimum atomic E-state index is 0.163. The summed E-state index contributed by atoms with van der Waals surface area (Å²) >= 11 is 7.70. The number of benzene rings is 2. The average molecular weight is 451 g/mol. The number of carbonyl (C=O) groups is 1. The summed E-state index contributed by atoms with van der Waals surface area (Å²) in [6.07, 6.45) is 2.43. The van der Waals surface area contributed by atoms with Crippen LogP contribution < -0.4 is 4.90 Å². The van der Waals surface area contributed by atoms with Gasteiger partial charge in [0.15, 0.2) is 4.96 Å². The van der Waals surface area contributed by atoms with E-state index in [-0.39, 0.29) is 5.91 Å². The highest BCUT2D eigenvalue weighted by Crippen LogP contribution is 2.25. The molecule has 0 aliphatic carbocycles. The molecule has 0 saturated carbocycles. The van der Waals surface area contributed by atoms with E-state index in [1.807, 2.05) is 34.7 Å². The van der Waals surface area contributed by atoms with Crippen molar-refractivity contribution in [3.8, 4) is 11.3 Å². The fourth-order valence-corrected chi connectivity index (χ4v) is 5.03. The van der Waals surface area contributed by atoms with Crippen LogP contribution in [0.2, 0.25) is 5.02 Å². The van der Waals surface area contributed by atoms with Crippen molar-refractivity contribution in [1.82, 2.24) is 14.3 Å². The van der Waals surface area contributed by atoms with Gasteiger partial charge in [-0.15, -0.1) is 11.3 Å². The van der Waals surface area contributed by atoms with E-state index >= 15 is 0 Å². The Hall–Kier alpha value is -2.83. The molecule has 0 unspecified atom stereocenters. The van der Waals surface area contributed by atoms with E-state index < -0.39 is 0 Å². The molecule has 1 saturated heterocycles. The van der Waals surface area contributed by atoms with Crippen molar-refractivity contribution in [2.24, 2.45) is 0 Å². The number of hydrogen-bond donors (Lipinski definition) is 0. The van der Waals surface area contributed by atoms with Crippen LogP contribution in [0, 0.1) is 6.92 Å². The van der Waals surface area contributed by atoms with Gasteiger partial charge in [0.2, 0.25) is 5.91 Å². The second kappa shape index (κ2) is 8.36. The predicted molar refractivity (Wildman–Crippen MR) is 127 cm³/mol. The van der Waals surface area contributed by atoms with Crippen molar-refractivity contribution in [2.45, 2.75) is 13.3 Å². The molecule has 2 aromatic carbocycles. The van der Waals surface area contributed by atoms with Crippen molar-refractivity contribution >= 4 is 39.5 Å². The zero-order valence-corrected chi connectivity index (χ0v) is 18.9. The lowest BCUT2D eigenvalue weighted by molar-refractivity contribution is -0.130. The van der Waals surface area contributed by atoms with Crippen molar-refractivity contribution < 1.29 is 4.79 Å². The lowest BCUT2D eigenvalue weighted by Crippen LogP contribution is -2.49. The quantitative estimate of drug-likeness (QED) is 0.443. The number of aromatic nitrogens is 2. The molecule has 7 heteroatoms. The first kappa shape index (κ1) is 20.1. The zero-order chi connectivity index (χ0) is 21.4. The molecular weight excluding hydrogens is 428 g/mol. The molecule has 0 N–H and O–H groups in total. The normalized spacial score (nSPS) is 14.4. The lowest BCUT2D eigenvalue weighted by atomic mass is 10.1. The van der Waals surface area contributed by atoms with Gasteiger partial charge in [0.05, 0.1) is 12.1 Å². The van der Waals surface area contributed by atoms with Gasteiger partial charge >= 0.3 is 0 Å². The summed E-state index contributed by atoms with van der Waals surface area (Å²) in [5.41, 5.74) is 5.37. The molecule has 1 amide bonds. The monoisotopic (exact) mass is 450 g/mol. The van der Waals surface area contributed by atoms with Gasteiger partial charge in [-0.2, -0.15) is 0 Å². The van der Waals surface area contributed by atoms with E-state index in [1.165, 1.54) is 5.56 Å². The number of aryl methyl sites for hydroxylation is 1. The van der Waals surface area contributed by atoms with Crippen LogP contribution in [0.25, 0.3) is 16.2 Å². The van der Waals surface area contributed by atoms with E-state index in [9.17, 15) is 4.79 Å². The van der Waals surface area contributed by atoms with Crippen molar-refractivity contribution in [3.05, 3.63) is 76.4 Å². The smallest absolute Gasteiger partial charge is 0.228 e. The summed E-state index contributed by atoms with van der Waals surface area (Å²) in [5.74, 6) is 0.163. The molecule has 158 valence electrons. The number of thiazole rings is 1. The fourth-order valence-electron chi connectivity index (χ4n) is 3.97. The maximum absolute atomic E-state index is 13.0. The van der Waals surface area contributed by atoms with Crippen molar-refractivity contribution in [3.63, 3.8) is 0 Å². The van der Waals surface area contributed by atoms with E-state index in [0.29, 0.717) is 6.42 Å². The Balaban J connectivity index is 1.26. The highest BCUT2D eigenvalue weighted by Gasteiger charge is 2.23. The highest BCUT2D eigenvalue weighted by molar-refractivity contribution is 7.15. The average Bonchev–Trinajstić information content (AvgIpc) is 3.36. The maximum Gasteiger partial charge on any atom is 0.228 e. The number of nitrogens with zero attached hydrogens (tertiary/aromatic N) is 4. The van der Waals surface area contributed by atoms with E-state index in [4.69, 9.17) is 16.6 Å². The van der Waals surface area contributed by atoms with Gasteiger partial charge in [0, 0.05) is 59.7 Å². The molecule has 5 rings (SSSR count). The van der Waals surface area contributed by atoms with Gasteiger partial charge in [0.1, 0.15) is 0 Å². The number of rotatable bonds is 4. The molecule has 0 spiro atoms. The van der Waals surface area contributed by atoms with Crippen LogP contribution >= 0.6 is 22.9 Å². The topological polar surface area (TPSA) is 40.9 Å². The van der Waals surface area contributed by atoms with E-state index in [2.05, 4.69) is 46.6 Å². The summed E-state index contributed by atoms with van der Waals surface area (Å²) in [5, 5.41) is 2.78. The van der Waals surface area contributed by atoms with Gasteiger partial charge < -0.3 is 9.80 Å². The molecule has 0 bridgehead atoms. The minimum Gasteiger partial charge on any atom is -0.368 e. The number of amides is 1. The van der Waals surface area contributed by atoms with E-state index in [0.717, 1.165) is 58.8 Å². The standard InChI is InChI=1S/C24H23ClN4OS/c1-17-5-7-18(8-6-17)22-15-29-21(16-31-24(29)26-22)14-23(30)28-11-9-27(10-12-28)20-4-2-3-19(25)13-20/h2-8,13,15-16H,9-12,14H2,1H3. The number of imidazole rings is 1. The number of piperazine rings is 1. The SMILES string of the molecule is Cc1ccc(-c2cn3c(CC(=O)N4CCN(c5cccc(Cl)c5)CC4)csc3n2)cc1. The molecule has 3 heterocycles. The third kappa shape index (κ3) is 4.18. The molecule has 4 aromatic rings. The summed E-state index contributed by atoms with van der Waals surface area (Å²) in [7, 11) is 0. The summed E-state index contributed by atoms with van der Waals surface area (Å²) < 4.78 is 2.06. The van der Waals surface area contributed by atoms with Gasteiger partial charge in [-0.3, -0.25) is 9.20 Å². The molecule has 1 aliphatic rings. The van der Waals surface area contributed by atoms with Gasteiger partial charge in [0.25, 0.3) is 0 Å². The van der Waals surface area contributed by atoms with Crippen molar-refractivity contribution in [1.29, 1.82) is 0 Å². The Morgan fingerprint density at radius 1 is 1.10 bits per heavy atom. The summed E-state index contributed by atoms with van der Waals surface area (Å²) in [6.45, 7) is 5.14. The van der Waals surface area contributed by atoms with Crippen LogP contribution in [-0.4, -0.2) is 46.4 Å². The third-order valence-electron chi connectivity index (χ3n) is 5.77. The number of carbonyl (C=O) groups excluding carboxylic acids is 1. The second-order valence-electron chi connectivity index (χ2n) is 7.90. The number of fused-ring (bicyclic) bond motifs is 1. The molecular formula is C24H23ClN4OS. The molecule has 1 aliphatic heterocycles. The number of hydrogen-bond acceptors (Lipinski definition) is 4. The van der Waals surface area contributed by atoms with Gasteiger partial charge in [-0.1, -0.05) is 47.5 Å². The molecule has 5 nitrogen and oxygen atoms in total. The first-order chi connectivity index (χ1) is 15.1. The van der Waals surface area contributed by atoms with Crippen LogP contribution in [0.5, 0.6) is 0 Å². The first-order valence-electron chi connectivity index (χ1n) is 10.4. The molecule has 31 heavy (non-hydrogen) atoms. The fraction of sp³-hybridized carbons (Fsp3) is 0.250. The number of halogens is 1. The maximum atomic E-state index is 13.0. The second-order valence-corrected chi connectivity index (χ2v) is 9.17. The lowest BCUT2D eigenvalue weighted by Gasteiger charge is -2.36. The number of anilines is 1. The Bertz CT molecular complexity index is 1220. The zero-order valence-electron chi connectivity index (χ0n) is 17.3. The van der Waals surface area contributed by atoms with Crippen LogP contribution in [0.1, 0.15) is 11.3 Å². The van der Waals surface area contributed by atoms with Crippen LogP contribution in [0.15, 0.2) is 60.1 Å². The van der Waals surface area contributed by atoms with Crippen molar-refractivity contribution in [2.75, 3.05) is 31.1 Å². The Morgan fingerprint density at radius 2 is 1.87 bits per heavy atom. The Labute approximate surface area is 190 Å². The largest absolute Gasteiger partial charge is 0.368 e. The summed E-state index contributed by atoms with van der Waals surface area (Å²) in [6, 6.07) is 16.3. The highest BCUT2D eigenvalue weighted by atomic mass is 35.5. The van der Waals surface area contributed by atoms with E-state index in [1.54, 1.807) is 11.3 Å². The Kier molecular flexibility index (Phi) is 5.42. The predicted octanol–water partition coefficient (Wildman–Crippen LogP) is 4.92. The minimum absolute atomic E-state index is 0.163. The van der Waals surface area contributed by atoms with Crippen LogP contribution in [0.3, 0.4) is 0 Å². The molecule has 1 fully saturated rings. The van der Waals surface area contributed by atoms with Crippen LogP contribution in [-0.2, 0) is 11.2 Å².